The monoisotopic (exact) mass is 596 g/mol. The molecule has 2 bridgehead atoms. The van der Waals surface area contributed by atoms with Gasteiger partial charge in [-0.1, -0.05) is 55.3 Å². The van der Waals surface area contributed by atoms with Crippen LogP contribution in [0.1, 0.15) is 66.2 Å². The van der Waals surface area contributed by atoms with E-state index in [1.165, 1.54) is 4.90 Å². The van der Waals surface area contributed by atoms with Gasteiger partial charge in [0.15, 0.2) is 0 Å². The molecule has 2 amide bonds. The van der Waals surface area contributed by atoms with Gasteiger partial charge in [-0.15, -0.1) is 13.2 Å². The number of allylic oxidation sites excluding steroid dienone is 1. The van der Waals surface area contributed by atoms with Crippen LogP contribution in [0.5, 0.6) is 0 Å². The lowest BCUT2D eigenvalue weighted by atomic mass is 9.70. The molecule has 0 aromatic carbocycles. The van der Waals surface area contributed by atoms with Crippen LogP contribution in [0.3, 0.4) is 0 Å². The van der Waals surface area contributed by atoms with Crippen molar-refractivity contribution in [1.29, 1.82) is 0 Å². The molecule has 0 aromatic rings. The number of aliphatic hydroxyl groups excluding tert-OH is 1. The maximum atomic E-state index is 14.4. The quantitative estimate of drug-likeness (QED) is 0.133. The van der Waals surface area contributed by atoms with Gasteiger partial charge in [0.1, 0.15) is 11.6 Å². The molecule has 3 heterocycles. The Morgan fingerprint density at radius 2 is 2.00 bits per heavy atom. The maximum Gasteiger partial charge on any atom is 0.312 e. The molecule has 3 aliphatic rings. The van der Waals surface area contributed by atoms with Crippen LogP contribution in [-0.2, 0) is 23.9 Å². The minimum absolute atomic E-state index is 0.0702. The number of rotatable bonds is 15. The van der Waals surface area contributed by atoms with Gasteiger partial charge in [0.2, 0.25) is 11.8 Å². The van der Waals surface area contributed by atoms with Gasteiger partial charge in [0, 0.05) is 17.4 Å². The van der Waals surface area contributed by atoms with Crippen LogP contribution >= 0.6 is 15.9 Å². The number of nitrogens with zero attached hydrogens (tertiary/aromatic N) is 2. The van der Waals surface area contributed by atoms with Crippen LogP contribution in [-0.4, -0.2) is 87.1 Å². The average molecular weight is 598 g/mol. The normalized spacial score (nSPS) is 31.3. The number of hydrogen-bond acceptors (Lipinski definition) is 6. The summed E-state index contributed by atoms with van der Waals surface area (Å²) in [6.45, 7) is 15.8. The smallest absolute Gasteiger partial charge is 0.312 e. The predicted molar refractivity (Wildman–Crippen MR) is 150 cm³/mol. The molecule has 1 spiro atoms. The summed E-state index contributed by atoms with van der Waals surface area (Å²) in [7, 11) is 0. The number of fused-ring (bicyclic) bond motifs is 1. The zero-order valence-electron chi connectivity index (χ0n) is 23.3. The number of halogens is 1. The van der Waals surface area contributed by atoms with Crippen molar-refractivity contribution in [1.82, 2.24) is 9.80 Å². The lowest BCUT2D eigenvalue weighted by molar-refractivity contribution is -0.157. The van der Waals surface area contributed by atoms with Crippen LogP contribution < -0.4 is 0 Å². The van der Waals surface area contributed by atoms with Gasteiger partial charge in [-0.3, -0.25) is 14.4 Å². The number of esters is 1. The topological polar surface area (TPSA) is 96.4 Å². The van der Waals surface area contributed by atoms with E-state index < -0.39 is 41.6 Å². The standard InChI is InChI=1S/C29H45BrN2O6/c1-7-10-11-12-15-37-28(36)22-23-26(34)32(21(17-33)18(4)5)25(29(23)16-20(30)24(22)38-29)27(35)31(14-9-3)19(6)13-8-2/h7,9,18-25,33H,1,3,8,10-17H2,2,4-6H3/t19?,20?,21-,22+,23-,24+,25?,29?/m0/s1. The minimum Gasteiger partial charge on any atom is -0.465 e. The summed E-state index contributed by atoms with van der Waals surface area (Å²) < 4.78 is 12.2. The largest absolute Gasteiger partial charge is 0.465 e. The Kier molecular flexibility index (Phi) is 10.6. The van der Waals surface area contributed by atoms with Crippen molar-refractivity contribution in [2.24, 2.45) is 17.8 Å². The third-order valence-electron chi connectivity index (χ3n) is 8.44. The molecule has 4 unspecified atom stereocenters. The number of carbonyl (C=O) groups is 3. The van der Waals surface area contributed by atoms with Gasteiger partial charge in [-0.25, -0.2) is 0 Å². The first-order valence-corrected chi connectivity index (χ1v) is 15.0. The Morgan fingerprint density at radius 1 is 1.29 bits per heavy atom. The molecular formula is C29H45BrN2O6. The van der Waals surface area contributed by atoms with E-state index in [0.29, 0.717) is 19.4 Å². The molecule has 214 valence electrons. The first-order chi connectivity index (χ1) is 18.1. The SMILES string of the molecule is C=CCCCCOC(=O)[C@H]1[C@@H]2OC3(CC2Br)C(C(=O)N(CC=C)C(C)CCC)N([C@@H](CO)C(C)C)C(=O)[C@H]13. The van der Waals surface area contributed by atoms with E-state index in [2.05, 4.69) is 36.0 Å². The van der Waals surface area contributed by atoms with Crippen molar-refractivity contribution in [3.63, 3.8) is 0 Å². The number of likely N-dealkylation sites (tertiary alicyclic amines) is 1. The van der Waals surface area contributed by atoms with Crippen LogP contribution in [0.2, 0.25) is 0 Å². The highest BCUT2D eigenvalue weighted by molar-refractivity contribution is 9.09. The first-order valence-electron chi connectivity index (χ1n) is 14.0. The third kappa shape index (κ3) is 5.48. The van der Waals surface area contributed by atoms with Gasteiger partial charge in [-0.05, 0) is 44.9 Å². The molecule has 3 fully saturated rings. The lowest BCUT2D eigenvalue weighted by Crippen LogP contribution is -2.61. The summed E-state index contributed by atoms with van der Waals surface area (Å²) in [4.78, 5) is 45.1. The Labute approximate surface area is 235 Å². The summed E-state index contributed by atoms with van der Waals surface area (Å²) >= 11 is 3.69. The van der Waals surface area contributed by atoms with E-state index in [0.717, 1.165) is 25.7 Å². The molecular weight excluding hydrogens is 552 g/mol. The molecule has 1 N–H and O–H groups in total. The van der Waals surface area contributed by atoms with Gasteiger partial charge in [-0.2, -0.15) is 0 Å². The van der Waals surface area contributed by atoms with Crippen molar-refractivity contribution < 1.29 is 29.0 Å². The number of unbranched alkanes of at least 4 members (excludes halogenated alkanes) is 2. The number of amides is 2. The van der Waals surface area contributed by atoms with Gasteiger partial charge in [0.25, 0.3) is 0 Å². The molecule has 3 rings (SSSR count). The van der Waals surface area contributed by atoms with E-state index in [4.69, 9.17) is 9.47 Å². The van der Waals surface area contributed by atoms with Crippen LogP contribution in [0.4, 0.5) is 0 Å². The van der Waals surface area contributed by atoms with E-state index in [1.54, 1.807) is 11.0 Å². The number of alkyl halides is 1. The van der Waals surface area contributed by atoms with Crippen molar-refractivity contribution in [3.05, 3.63) is 25.3 Å². The Hall–Kier alpha value is -1.71. The van der Waals surface area contributed by atoms with Crippen LogP contribution in [0.25, 0.3) is 0 Å². The predicted octanol–water partition coefficient (Wildman–Crippen LogP) is 3.85. The number of ether oxygens (including phenoxy) is 2. The lowest BCUT2D eigenvalue weighted by Gasteiger charge is -2.41. The summed E-state index contributed by atoms with van der Waals surface area (Å²) in [6, 6.07) is -1.61. The molecule has 0 aromatic heterocycles. The second kappa shape index (κ2) is 13.1. The highest BCUT2D eigenvalue weighted by atomic mass is 79.9. The molecule has 3 saturated heterocycles. The van der Waals surface area contributed by atoms with Crippen molar-refractivity contribution in [2.45, 2.75) is 101 Å². The maximum absolute atomic E-state index is 14.4. The van der Waals surface area contributed by atoms with Crippen molar-refractivity contribution in [3.8, 4) is 0 Å². The molecule has 8 atom stereocenters. The van der Waals surface area contributed by atoms with Crippen molar-refractivity contribution in [2.75, 3.05) is 19.8 Å². The average Bonchev–Trinajstić information content (AvgIpc) is 3.46. The fraction of sp³-hybridized carbons (Fsp3) is 0.759. The summed E-state index contributed by atoms with van der Waals surface area (Å²) in [5.41, 5.74) is -1.17. The molecule has 38 heavy (non-hydrogen) atoms. The summed E-state index contributed by atoms with van der Waals surface area (Å²) in [5.74, 6) is -2.75. The number of aliphatic hydroxyl groups is 1. The Bertz CT molecular complexity index is 896. The highest BCUT2D eigenvalue weighted by Crippen LogP contribution is 2.61. The third-order valence-corrected chi connectivity index (χ3v) is 9.29. The first kappa shape index (κ1) is 30.8. The molecule has 0 aliphatic carbocycles. The van der Waals surface area contributed by atoms with E-state index in [1.807, 2.05) is 26.8 Å². The van der Waals surface area contributed by atoms with Gasteiger partial charge < -0.3 is 24.4 Å². The second-order valence-corrected chi connectivity index (χ2v) is 12.4. The molecule has 3 aliphatic heterocycles. The number of carbonyl (C=O) groups excluding carboxylic acids is 3. The Balaban J connectivity index is 2.02. The molecule has 0 radical (unpaired) electrons. The van der Waals surface area contributed by atoms with Crippen LogP contribution in [0.15, 0.2) is 25.3 Å². The fourth-order valence-electron chi connectivity index (χ4n) is 6.61. The highest BCUT2D eigenvalue weighted by Gasteiger charge is 2.77. The van der Waals surface area contributed by atoms with Crippen LogP contribution in [0, 0.1) is 17.8 Å². The summed E-state index contributed by atoms with van der Waals surface area (Å²) in [6.07, 6.45) is 7.49. The number of hydrogen-bond donors (Lipinski definition) is 1. The van der Waals surface area contributed by atoms with E-state index in [9.17, 15) is 19.5 Å². The minimum atomic E-state index is -1.17. The zero-order chi connectivity index (χ0) is 28.2. The van der Waals surface area contributed by atoms with Crippen molar-refractivity contribution >= 4 is 33.7 Å². The second-order valence-electron chi connectivity index (χ2n) is 11.3. The van der Waals surface area contributed by atoms with E-state index in [-0.39, 0.29) is 41.8 Å². The molecule has 0 saturated carbocycles. The van der Waals surface area contributed by atoms with Gasteiger partial charge in [0.05, 0.1) is 37.2 Å². The Morgan fingerprint density at radius 3 is 2.58 bits per heavy atom. The summed E-state index contributed by atoms with van der Waals surface area (Å²) in [5, 5.41) is 10.4. The van der Waals surface area contributed by atoms with E-state index >= 15 is 0 Å². The fourth-order valence-corrected chi connectivity index (χ4v) is 7.55. The zero-order valence-corrected chi connectivity index (χ0v) is 24.9. The molecule has 8 nitrogen and oxygen atoms in total. The molecule has 9 heteroatoms. The van der Waals surface area contributed by atoms with Gasteiger partial charge >= 0.3 is 5.97 Å².